The van der Waals surface area contributed by atoms with Gasteiger partial charge in [-0.05, 0) is 67.5 Å². The highest BCUT2D eigenvalue weighted by atomic mass is 32.2. The minimum absolute atomic E-state index is 0.00905. The lowest BCUT2D eigenvalue weighted by molar-refractivity contribution is -0.140. The molecule has 8 nitrogen and oxygen atoms in total. The third kappa shape index (κ3) is 5.87. The van der Waals surface area contributed by atoms with Gasteiger partial charge in [-0.1, -0.05) is 54.6 Å². The van der Waals surface area contributed by atoms with E-state index >= 15 is 0 Å². The normalized spacial score (nSPS) is 21.5. The molecule has 3 aromatic carbocycles. The Kier molecular flexibility index (Phi) is 8.18. The Balaban J connectivity index is 1.11. The maximum Gasteiger partial charge on any atom is 0.240 e. The summed E-state index contributed by atoms with van der Waals surface area (Å²) in [6, 6.07) is 23.0. The number of rotatable bonds is 7. The molecule has 0 radical (unpaired) electrons. The van der Waals surface area contributed by atoms with Gasteiger partial charge in [-0.25, -0.2) is 13.1 Å². The quantitative estimate of drug-likeness (QED) is 0.252. The molecule has 1 aliphatic heterocycles. The van der Waals surface area contributed by atoms with Crippen LogP contribution in [-0.4, -0.2) is 55.0 Å². The highest BCUT2D eigenvalue weighted by Crippen LogP contribution is 2.32. The summed E-state index contributed by atoms with van der Waals surface area (Å²) in [4.78, 5) is 19.2. The number of H-pyrrole nitrogens is 1. The minimum Gasteiger partial charge on any atom is -0.392 e. The summed E-state index contributed by atoms with van der Waals surface area (Å²) < 4.78 is 29.7. The second-order valence-electron chi connectivity index (χ2n) is 11.6. The largest absolute Gasteiger partial charge is 0.392 e. The van der Waals surface area contributed by atoms with Crippen molar-refractivity contribution in [3.05, 3.63) is 89.5 Å². The highest BCUT2D eigenvalue weighted by Gasteiger charge is 2.35. The van der Waals surface area contributed by atoms with E-state index in [-0.39, 0.29) is 35.4 Å². The zero-order valence-corrected chi connectivity index (χ0v) is 24.7. The van der Waals surface area contributed by atoms with Crippen LogP contribution in [0.5, 0.6) is 0 Å². The lowest BCUT2D eigenvalue weighted by Crippen LogP contribution is -2.51. The maximum absolute atomic E-state index is 13.6. The van der Waals surface area contributed by atoms with Crippen LogP contribution in [0, 0.1) is 12.8 Å². The van der Waals surface area contributed by atoms with Crippen LogP contribution in [0.15, 0.2) is 77.7 Å². The van der Waals surface area contributed by atoms with E-state index < -0.39 is 10.0 Å². The first-order valence-corrected chi connectivity index (χ1v) is 16.2. The number of aliphatic hydroxyl groups excluding tert-OH is 1. The van der Waals surface area contributed by atoms with Crippen LogP contribution in [0.25, 0.3) is 22.2 Å². The second kappa shape index (κ2) is 12.0. The van der Waals surface area contributed by atoms with Crippen molar-refractivity contribution in [1.29, 1.82) is 0 Å². The number of carbonyl (C=O) groups is 1. The number of hydrogen-bond acceptors (Lipinski definition) is 5. The summed E-state index contributed by atoms with van der Waals surface area (Å²) >= 11 is 0. The van der Waals surface area contributed by atoms with Crippen molar-refractivity contribution in [3.63, 3.8) is 0 Å². The van der Waals surface area contributed by atoms with E-state index in [0.717, 1.165) is 51.9 Å². The summed E-state index contributed by atoms with van der Waals surface area (Å²) in [6.45, 7) is 4.19. The van der Waals surface area contributed by atoms with Gasteiger partial charge in [0.15, 0.2) is 0 Å². The standard InChI is InChI=1S/C33H38N4O4S/c1-22-17-23(21-38)7-14-29(22)31-18-26-10-13-28(19-30(26)35-31)42(40,41)36-27-11-8-25(9-12-27)33(39)37-16-15-34-20-32(37)24-5-3-2-4-6-24/h2-7,10,13-14,17-19,25,27,32,34-36,38H,8-9,11-12,15-16,20-21H2,1H3/t25-,27-,32-/m1/s1. The van der Waals surface area contributed by atoms with Crippen molar-refractivity contribution < 1.29 is 18.3 Å². The molecule has 2 heterocycles. The Bertz CT molecular complexity index is 1680. The Labute approximate surface area is 247 Å². The lowest BCUT2D eigenvalue weighted by atomic mass is 9.85. The van der Waals surface area contributed by atoms with Gasteiger partial charge >= 0.3 is 0 Å². The van der Waals surface area contributed by atoms with E-state index in [4.69, 9.17) is 0 Å². The predicted octanol–water partition coefficient (Wildman–Crippen LogP) is 4.65. The fraction of sp³-hybridized carbons (Fsp3) is 0.364. The number of nitrogens with zero attached hydrogens (tertiary/aromatic N) is 1. The molecule has 220 valence electrons. The third-order valence-corrected chi connectivity index (χ3v) is 10.3. The summed E-state index contributed by atoms with van der Waals surface area (Å²) in [5.74, 6) is 0.0968. The van der Waals surface area contributed by atoms with Gasteiger partial charge in [-0.3, -0.25) is 4.79 Å². The Morgan fingerprint density at radius 3 is 2.52 bits per heavy atom. The number of carbonyl (C=O) groups excluding carboxylic acids is 1. The molecule has 4 aromatic rings. The number of nitrogens with one attached hydrogen (secondary N) is 3. The first-order valence-electron chi connectivity index (χ1n) is 14.7. The molecule has 4 N–H and O–H groups in total. The Morgan fingerprint density at radius 1 is 1.00 bits per heavy atom. The fourth-order valence-corrected chi connectivity index (χ4v) is 7.80. The number of aryl methyl sites for hydroxylation is 1. The molecule has 0 bridgehead atoms. The van der Waals surface area contributed by atoms with Gasteiger partial charge in [-0.15, -0.1) is 0 Å². The topological polar surface area (TPSA) is 115 Å². The van der Waals surface area contributed by atoms with E-state index in [1.54, 1.807) is 12.1 Å². The molecule has 1 aliphatic carbocycles. The van der Waals surface area contributed by atoms with E-state index in [2.05, 4.69) is 27.2 Å². The van der Waals surface area contributed by atoms with Gasteiger partial charge in [0.1, 0.15) is 0 Å². The molecule has 2 aliphatic rings. The fourth-order valence-electron chi connectivity index (χ4n) is 6.47. The molecule has 1 aromatic heterocycles. The molecule has 2 fully saturated rings. The minimum atomic E-state index is -3.73. The molecule has 0 spiro atoms. The van der Waals surface area contributed by atoms with Gasteiger partial charge in [-0.2, -0.15) is 0 Å². The molecule has 1 amide bonds. The van der Waals surface area contributed by atoms with E-state index in [1.807, 2.05) is 60.4 Å². The van der Waals surface area contributed by atoms with Crippen molar-refractivity contribution in [3.8, 4) is 11.3 Å². The number of piperazine rings is 1. The molecule has 9 heteroatoms. The molecular weight excluding hydrogens is 548 g/mol. The van der Waals surface area contributed by atoms with Crippen LogP contribution >= 0.6 is 0 Å². The summed E-state index contributed by atoms with van der Waals surface area (Å²) in [5.41, 5.74) is 5.68. The number of aromatic nitrogens is 1. The van der Waals surface area contributed by atoms with Crippen LogP contribution < -0.4 is 10.0 Å². The molecule has 1 atom stereocenters. The average Bonchev–Trinajstić information content (AvgIpc) is 3.44. The maximum atomic E-state index is 13.6. The van der Waals surface area contributed by atoms with Crippen LogP contribution in [0.1, 0.15) is 48.4 Å². The van der Waals surface area contributed by atoms with Crippen molar-refractivity contribution in [1.82, 2.24) is 19.9 Å². The number of amides is 1. The summed E-state index contributed by atoms with van der Waals surface area (Å²) in [6.07, 6.45) is 2.61. The third-order valence-electron chi connectivity index (χ3n) is 8.78. The number of fused-ring (bicyclic) bond motifs is 1. The van der Waals surface area contributed by atoms with Gasteiger partial charge in [0.05, 0.1) is 17.5 Å². The number of benzene rings is 3. The van der Waals surface area contributed by atoms with Crippen molar-refractivity contribution in [2.75, 3.05) is 19.6 Å². The van der Waals surface area contributed by atoms with Crippen LogP contribution in [0.2, 0.25) is 0 Å². The van der Waals surface area contributed by atoms with Crippen LogP contribution in [0.4, 0.5) is 0 Å². The highest BCUT2D eigenvalue weighted by molar-refractivity contribution is 7.89. The van der Waals surface area contributed by atoms with Crippen molar-refractivity contribution in [2.24, 2.45) is 5.92 Å². The van der Waals surface area contributed by atoms with Crippen LogP contribution in [0.3, 0.4) is 0 Å². The van der Waals surface area contributed by atoms with Gasteiger partial charge < -0.3 is 20.3 Å². The monoisotopic (exact) mass is 586 g/mol. The summed E-state index contributed by atoms with van der Waals surface area (Å²) in [5, 5.41) is 13.8. The van der Waals surface area contributed by atoms with E-state index in [1.165, 1.54) is 0 Å². The van der Waals surface area contributed by atoms with Gasteiger partial charge in [0.2, 0.25) is 15.9 Å². The molecule has 6 rings (SSSR count). The summed E-state index contributed by atoms with van der Waals surface area (Å²) in [7, 11) is -3.73. The molecule has 1 saturated heterocycles. The SMILES string of the molecule is Cc1cc(CO)ccc1-c1cc2ccc(S(=O)(=O)N[C@H]3CC[C@H](C(=O)N4CCNC[C@@H]4c4ccccc4)CC3)cc2[nH]1. The first-order chi connectivity index (χ1) is 20.3. The molecule has 1 saturated carbocycles. The Hall–Kier alpha value is -3.50. The number of hydrogen-bond donors (Lipinski definition) is 4. The Morgan fingerprint density at radius 2 is 1.79 bits per heavy atom. The zero-order valence-electron chi connectivity index (χ0n) is 23.8. The van der Waals surface area contributed by atoms with E-state index in [9.17, 15) is 18.3 Å². The molecular formula is C33H38N4O4S. The van der Waals surface area contributed by atoms with Gasteiger partial charge in [0, 0.05) is 53.8 Å². The number of sulfonamides is 1. The predicted molar refractivity (Wildman–Crippen MR) is 164 cm³/mol. The molecule has 42 heavy (non-hydrogen) atoms. The molecule has 0 unspecified atom stereocenters. The first kappa shape index (κ1) is 28.6. The van der Waals surface area contributed by atoms with Crippen LogP contribution in [-0.2, 0) is 21.4 Å². The van der Waals surface area contributed by atoms with Gasteiger partial charge in [0.25, 0.3) is 0 Å². The number of aromatic amines is 1. The number of aliphatic hydroxyl groups is 1. The second-order valence-corrected chi connectivity index (χ2v) is 13.3. The average molecular weight is 587 g/mol. The zero-order chi connectivity index (χ0) is 29.3. The lowest BCUT2D eigenvalue weighted by Gasteiger charge is -2.40. The van der Waals surface area contributed by atoms with Crippen molar-refractivity contribution >= 4 is 26.8 Å². The van der Waals surface area contributed by atoms with Crippen molar-refractivity contribution in [2.45, 2.75) is 56.2 Å². The smallest absolute Gasteiger partial charge is 0.240 e. The van der Waals surface area contributed by atoms with E-state index in [0.29, 0.717) is 32.2 Å².